The van der Waals surface area contributed by atoms with Crippen molar-refractivity contribution < 1.29 is 14.6 Å². The molecule has 1 saturated heterocycles. The van der Waals surface area contributed by atoms with Crippen LogP contribution in [0.3, 0.4) is 0 Å². The van der Waals surface area contributed by atoms with Crippen molar-refractivity contribution in [2.24, 2.45) is 0 Å². The molecule has 0 aromatic heterocycles. The van der Waals surface area contributed by atoms with E-state index in [1.165, 1.54) is 5.56 Å². The SMILES string of the molecule is CN(C(=O)C1OCCc2ccccc21)[C@@H]1CNC[C@H]1O. The maximum atomic E-state index is 12.7. The normalized spacial score (nSPS) is 29.0. The molecule has 2 heterocycles. The van der Waals surface area contributed by atoms with Crippen LogP contribution in [0.1, 0.15) is 17.2 Å². The predicted octanol–water partition coefficient (Wildman–Crippen LogP) is 0.0915. The van der Waals surface area contributed by atoms with E-state index >= 15 is 0 Å². The fourth-order valence-corrected chi connectivity index (χ4v) is 2.99. The molecule has 20 heavy (non-hydrogen) atoms. The number of rotatable bonds is 2. The topological polar surface area (TPSA) is 61.8 Å². The molecule has 2 N–H and O–H groups in total. The van der Waals surface area contributed by atoms with Crippen molar-refractivity contribution in [3.63, 3.8) is 0 Å². The molecular weight excluding hydrogens is 256 g/mol. The van der Waals surface area contributed by atoms with E-state index in [1.54, 1.807) is 11.9 Å². The van der Waals surface area contributed by atoms with Gasteiger partial charge in [0.25, 0.3) is 5.91 Å². The molecule has 0 saturated carbocycles. The number of hydrogen-bond donors (Lipinski definition) is 2. The van der Waals surface area contributed by atoms with Crippen LogP contribution in [-0.2, 0) is 16.0 Å². The number of fused-ring (bicyclic) bond motifs is 1. The van der Waals surface area contributed by atoms with Gasteiger partial charge in [-0.25, -0.2) is 0 Å². The van der Waals surface area contributed by atoms with E-state index in [1.807, 2.05) is 24.3 Å². The third kappa shape index (κ3) is 2.32. The number of ether oxygens (including phenoxy) is 1. The highest BCUT2D eigenvalue weighted by Gasteiger charge is 2.36. The van der Waals surface area contributed by atoms with E-state index in [4.69, 9.17) is 4.74 Å². The molecular formula is C15H20N2O3. The number of β-amino-alcohol motifs (C(OH)–C–C–N with tert-alkyl or cyclic N) is 1. The Hall–Kier alpha value is -1.43. The molecule has 0 aliphatic carbocycles. The summed E-state index contributed by atoms with van der Waals surface area (Å²) in [6.45, 7) is 1.72. The largest absolute Gasteiger partial charge is 0.390 e. The van der Waals surface area contributed by atoms with Gasteiger partial charge in [0.15, 0.2) is 6.10 Å². The fraction of sp³-hybridized carbons (Fsp3) is 0.533. The van der Waals surface area contributed by atoms with Crippen molar-refractivity contribution in [3.8, 4) is 0 Å². The Bertz CT molecular complexity index is 506. The zero-order chi connectivity index (χ0) is 14.1. The average Bonchev–Trinajstić information content (AvgIpc) is 2.91. The van der Waals surface area contributed by atoms with Crippen LogP contribution in [-0.4, -0.2) is 54.8 Å². The Morgan fingerprint density at radius 3 is 2.95 bits per heavy atom. The summed E-state index contributed by atoms with van der Waals surface area (Å²) in [5.74, 6) is -0.0788. The summed E-state index contributed by atoms with van der Waals surface area (Å²) in [4.78, 5) is 14.3. The molecule has 2 aliphatic rings. The predicted molar refractivity (Wildman–Crippen MR) is 74.3 cm³/mol. The van der Waals surface area contributed by atoms with Crippen LogP contribution in [0.5, 0.6) is 0 Å². The second-order valence-corrected chi connectivity index (χ2v) is 5.44. The maximum absolute atomic E-state index is 12.7. The molecule has 3 atom stereocenters. The number of carbonyl (C=O) groups is 1. The number of hydrogen-bond acceptors (Lipinski definition) is 4. The molecule has 1 amide bonds. The average molecular weight is 276 g/mol. The lowest BCUT2D eigenvalue weighted by molar-refractivity contribution is -0.147. The van der Waals surface area contributed by atoms with E-state index in [0.717, 1.165) is 12.0 Å². The summed E-state index contributed by atoms with van der Waals surface area (Å²) in [5, 5.41) is 13.0. The van der Waals surface area contributed by atoms with Gasteiger partial charge in [-0.15, -0.1) is 0 Å². The number of aliphatic hydroxyl groups is 1. The van der Waals surface area contributed by atoms with Gasteiger partial charge in [-0.3, -0.25) is 4.79 Å². The first kappa shape index (κ1) is 13.5. The van der Waals surface area contributed by atoms with Crippen molar-refractivity contribution in [2.75, 3.05) is 26.7 Å². The van der Waals surface area contributed by atoms with Crippen molar-refractivity contribution in [3.05, 3.63) is 35.4 Å². The maximum Gasteiger partial charge on any atom is 0.256 e. The Morgan fingerprint density at radius 2 is 2.20 bits per heavy atom. The minimum absolute atomic E-state index is 0.0788. The number of amides is 1. The quantitative estimate of drug-likeness (QED) is 0.804. The standard InChI is InChI=1S/C15H20N2O3/c1-17(12-8-16-9-13(12)18)15(19)14-11-5-3-2-4-10(11)6-7-20-14/h2-5,12-14,16,18H,6-9H2,1H3/t12-,13-,14?/m1/s1. The van der Waals surface area contributed by atoms with Gasteiger partial charge in [0.05, 0.1) is 18.8 Å². The highest BCUT2D eigenvalue weighted by Crippen LogP contribution is 2.29. The Kier molecular flexibility index (Phi) is 3.74. The van der Waals surface area contributed by atoms with Gasteiger partial charge >= 0.3 is 0 Å². The molecule has 0 bridgehead atoms. The first-order valence-electron chi connectivity index (χ1n) is 7.03. The Balaban J connectivity index is 1.81. The molecule has 3 rings (SSSR count). The lowest BCUT2D eigenvalue weighted by atomic mass is 9.96. The summed E-state index contributed by atoms with van der Waals surface area (Å²) >= 11 is 0. The fourth-order valence-electron chi connectivity index (χ4n) is 2.99. The van der Waals surface area contributed by atoms with E-state index in [2.05, 4.69) is 5.32 Å². The van der Waals surface area contributed by atoms with Crippen molar-refractivity contribution in [1.82, 2.24) is 10.2 Å². The van der Waals surface area contributed by atoms with Gasteiger partial charge in [0.1, 0.15) is 0 Å². The molecule has 0 spiro atoms. The summed E-state index contributed by atoms with van der Waals surface area (Å²) in [7, 11) is 1.74. The van der Waals surface area contributed by atoms with Gasteiger partial charge in [0.2, 0.25) is 0 Å². The number of nitrogens with one attached hydrogen (secondary N) is 1. The molecule has 5 nitrogen and oxygen atoms in total. The second kappa shape index (κ2) is 5.52. The molecule has 1 fully saturated rings. The first-order chi connectivity index (χ1) is 9.68. The third-order valence-corrected chi connectivity index (χ3v) is 4.21. The minimum atomic E-state index is -0.544. The molecule has 2 aliphatic heterocycles. The van der Waals surface area contributed by atoms with Gasteiger partial charge in [-0.2, -0.15) is 0 Å². The van der Waals surface area contributed by atoms with Crippen LogP contribution in [0.4, 0.5) is 0 Å². The molecule has 1 aromatic carbocycles. The summed E-state index contributed by atoms with van der Waals surface area (Å²) in [6, 6.07) is 7.73. The Morgan fingerprint density at radius 1 is 1.40 bits per heavy atom. The first-order valence-corrected chi connectivity index (χ1v) is 7.03. The van der Waals surface area contributed by atoms with Crippen LogP contribution in [0.15, 0.2) is 24.3 Å². The molecule has 108 valence electrons. The number of aliphatic hydroxyl groups excluding tert-OH is 1. The van der Waals surface area contributed by atoms with Crippen LogP contribution < -0.4 is 5.32 Å². The van der Waals surface area contributed by atoms with E-state index in [9.17, 15) is 9.90 Å². The Labute approximate surface area is 118 Å². The van der Waals surface area contributed by atoms with Crippen LogP contribution in [0, 0.1) is 0 Å². The monoisotopic (exact) mass is 276 g/mol. The molecule has 0 radical (unpaired) electrons. The third-order valence-electron chi connectivity index (χ3n) is 4.21. The lowest BCUT2D eigenvalue weighted by Gasteiger charge is -2.32. The van der Waals surface area contributed by atoms with E-state index in [0.29, 0.717) is 19.7 Å². The smallest absolute Gasteiger partial charge is 0.256 e. The van der Waals surface area contributed by atoms with Gasteiger partial charge in [0, 0.05) is 20.1 Å². The van der Waals surface area contributed by atoms with E-state index in [-0.39, 0.29) is 11.9 Å². The van der Waals surface area contributed by atoms with Crippen LogP contribution >= 0.6 is 0 Å². The molecule has 1 aromatic rings. The number of nitrogens with zero attached hydrogens (tertiary/aromatic N) is 1. The molecule has 1 unspecified atom stereocenters. The number of carbonyl (C=O) groups excluding carboxylic acids is 1. The lowest BCUT2D eigenvalue weighted by Crippen LogP contribution is -2.47. The highest BCUT2D eigenvalue weighted by molar-refractivity contribution is 5.83. The van der Waals surface area contributed by atoms with Gasteiger partial charge in [-0.1, -0.05) is 24.3 Å². The summed E-state index contributed by atoms with van der Waals surface area (Å²) in [5.41, 5.74) is 2.13. The van der Waals surface area contributed by atoms with Crippen molar-refractivity contribution in [2.45, 2.75) is 24.7 Å². The summed E-state index contributed by atoms with van der Waals surface area (Å²) in [6.07, 6.45) is -0.211. The van der Waals surface area contributed by atoms with Crippen LogP contribution in [0.2, 0.25) is 0 Å². The van der Waals surface area contributed by atoms with Gasteiger partial charge < -0.3 is 20.1 Å². The second-order valence-electron chi connectivity index (χ2n) is 5.44. The minimum Gasteiger partial charge on any atom is -0.390 e. The zero-order valence-corrected chi connectivity index (χ0v) is 11.6. The molecule has 5 heteroatoms. The number of likely N-dealkylation sites (N-methyl/N-ethyl adjacent to an activating group) is 1. The van der Waals surface area contributed by atoms with Crippen molar-refractivity contribution in [1.29, 1.82) is 0 Å². The highest BCUT2D eigenvalue weighted by atomic mass is 16.5. The van der Waals surface area contributed by atoms with E-state index < -0.39 is 12.2 Å². The number of benzene rings is 1. The zero-order valence-electron chi connectivity index (χ0n) is 11.6. The van der Waals surface area contributed by atoms with Crippen molar-refractivity contribution >= 4 is 5.91 Å². The van der Waals surface area contributed by atoms with Gasteiger partial charge in [-0.05, 0) is 17.5 Å². The van der Waals surface area contributed by atoms with Crippen LogP contribution in [0.25, 0.3) is 0 Å². The summed E-state index contributed by atoms with van der Waals surface area (Å²) < 4.78 is 5.69.